The van der Waals surface area contributed by atoms with Crippen LogP contribution in [0.1, 0.15) is 46.0 Å². The lowest BCUT2D eigenvalue weighted by atomic mass is 10.1. The number of amides is 2. The van der Waals surface area contributed by atoms with E-state index >= 15 is 0 Å². The summed E-state index contributed by atoms with van der Waals surface area (Å²) >= 11 is 0. The number of nitrogens with one attached hydrogen (secondary N) is 1. The van der Waals surface area contributed by atoms with E-state index in [1.807, 2.05) is 0 Å². The standard InChI is InChI=1S/C8H17N3O3S.C7H6N4O.C5H12N2O2S.C3H8.ClH/c1-10(2)8(12)11-5-3-7(4-6-11)15(9,13)14;12-7(10-3-1-8-5-10)11-4-2-9-6-11;6-10(8,9)5-1-3-7-4-2-5;1-3-2;/h7H,3-6H2,1-2H3,(H2,9,13,14);1-6H;5,7H,1-4H2,(H2,6,8,9);3H2,1-2H3;1H. The molecule has 41 heavy (non-hydrogen) atoms. The van der Waals surface area contributed by atoms with Crippen molar-refractivity contribution in [2.24, 2.45) is 10.3 Å². The summed E-state index contributed by atoms with van der Waals surface area (Å²) in [5, 5.41) is 12.3. The molecule has 0 atom stereocenters. The number of carbonyl (C=O) groups excluding carboxylic acids is 2. The third kappa shape index (κ3) is 14.2. The van der Waals surface area contributed by atoms with Crippen LogP contribution in [0.15, 0.2) is 37.4 Å². The Morgan fingerprint density at radius 2 is 1.24 bits per heavy atom. The molecule has 0 saturated carbocycles. The molecule has 2 fully saturated rings. The maximum absolute atomic E-state index is 11.5. The van der Waals surface area contributed by atoms with Crippen LogP contribution in [0.2, 0.25) is 0 Å². The minimum Gasteiger partial charge on any atom is -0.331 e. The molecular weight excluding hydrogens is 598 g/mol. The fourth-order valence-corrected chi connectivity index (χ4v) is 5.42. The Bertz CT molecular complexity index is 1170. The molecule has 0 bridgehead atoms. The lowest BCUT2D eigenvalue weighted by Gasteiger charge is -2.32. The van der Waals surface area contributed by atoms with E-state index in [2.05, 4.69) is 29.1 Å². The molecule has 0 aromatic carbocycles. The van der Waals surface area contributed by atoms with Gasteiger partial charge in [0.25, 0.3) is 0 Å². The number of nitrogens with zero attached hydrogens (tertiary/aromatic N) is 6. The number of piperidine rings is 2. The summed E-state index contributed by atoms with van der Waals surface area (Å²) in [7, 11) is -3.36. The molecule has 0 aliphatic carbocycles. The highest BCUT2D eigenvalue weighted by Gasteiger charge is 2.29. The Balaban J connectivity index is 0.000000560. The third-order valence-electron chi connectivity index (χ3n) is 5.76. The minimum atomic E-state index is -3.45. The molecule has 2 saturated heterocycles. The van der Waals surface area contributed by atoms with Gasteiger partial charge in [0.05, 0.1) is 10.5 Å². The molecule has 5 N–H and O–H groups in total. The highest BCUT2D eigenvalue weighted by atomic mass is 35.5. The zero-order valence-corrected chi connectivity index (χ0v) is 26.4. The average Bonchev–Trinajstić information content (AvgIpc) is 3.64. The summed E-state index contributed by atoms with van der Waals surface area (Å²) in [5.41, 5.74) is 0. The van der Waals surface area contributed by atoms with E-state index in [1.54, 1.807) is 43.8 Å². The van der Waals surface area contributed by atoms with Gasteiger partial charge in [-0.1, -0.05) is 20.3 Å². The van der Waals surface area contributed by atoms with Crippen molar-refractivity contribution < 1.29 is 26.4 Å². The van der Waals surface area contributed by atoms with Crippen molar-refractivity contribution in [2.45, 2.75) is 56.5 Å². The van der Waals surface area contributed by atoms with E-state index < -0.39 is 25.3 Å². The van der Waals surface area contributed by atoms with Crippen LogP contribution in [0.25, 0.3) is 0 Å². The monoisotopic (exact) mass is 641 g/mol. The molecule has 4 rings (SSSR count). The maximum Gasteiger partial charge on any atom is 0.338 e. The van der Waals surface area contributed by atoms with Gasteiger partial charge in [-0.15, -0.1) is 12.4 Å². The van der Waals surface area contributed by atoms with Crippen molar-refractivity contribution >= 4 is 44.5 Å². The third-order valence-corrected chi connectivity index (χ3v) is 8.56. The second-order valence-electron chi connectivity index (χ2n) is 9.42. The van der Waals surface area contributed by atoms with Crippen LogP contribution in [0, 0.1) is 0 Å². The summed E-state index contributed by atoms with van der Waals surface area (Å²) in [5.74, 6) is 0. The Kier molecular flexibility index (Phi) is 17.6. The first-order valence-electron chi connectivity index (χ1n) is 12.9. The number of sulfonamides is 2. The number of urea groups is 1. The van der Waals surface area contributed by atoms with Crippen LogP contribution in [0.3, 0.4) is 0 Å². The van der Waals surface area contributed by atoms with E-state index in [1.165, 1.54) is 33.1 Å². The number of primary sulfonamides is 2. The average molecular weight is 642 g/mol. The number of likely N-dealkylation sites (tertiary alicyclic amines) is 1. The van der Waals surface area contributed by atoms with Crippen molar-refractivity contribution in [3.63, 3.8) is 0 Å². The second kappa shape index (κ2) is 18.8. The van der Waals surface area contributed by atoms with E-state index in [0.29, 0.717) is 38.8 Å². The topological polar surface area (TPSA) is 209 Å². The van der Waals surface area contributed by atoms with E-state index in [0.717, 1.165) is 13.1 Å². The van der Waals surface area contributed by atoms with E-state index in [9.17, 15) is 26.4 Å². The highest BCUT2D eigenvalue weighted by Crippen LogP contribution is 2.16. The predicted octanol–water partition coefficient (Wildman–Crippen LogP) is 0.882. The molecular formula is C23H44ClN9O6S2. The van der Waals surface area contributed by atoms with Crippen LogP contribution < -0.4 is 15.6 Å². The molecule has 0 unspecified atom stereocenters. The molecule has 2 aliphatic rings. The number of hydrogen-bond acceptors (Lipinski definition) is 9. The fraction of sp³-hybridized carbons (Fsp3) is 0.652. The number of carbonyl (C=O) groups is 2. The molecule has 2 amide bonds. The van der Waals surface area contributed by atoms with Gasteiger partial charge in [-0.05, 0) is 38.8 Å². The zero-order valence-electron chi connectivity index (χ0n) is 24.0. The van der Waals surface area contributed by atoms with Crippen molar-refractivity contribution in [1.29, 1.82) is 0 Å². The number of nitrogens with two attached hydrogens (primary N) is 2. The smallest absolute Gasteiger partial charge is 0.331 e. The normalized spacial score (nSPS) is 15.9. The Morgan fingerprint density at radius 3 is 1.54 bits per heavy atom. The van der Waals surface area contributed by atoms with Crippen molar-refractivity contribution in [3.05, 3.63) is 37.4 Å². The van der Waals surface area contributed by atoms with Crippen LogP contribution in [-0.2, 0) is 20.0 Å². The number of rotatable bonds is 2. The van der Waals surface area contributed by atoms with Crippen molar-refractivity contribution in [2.75, 3.05) is 40.3 Å². The van der Waals surface area contributed by atoms with Crippen molar-refractivity contribution in [3.8, 4) is 0 Å². The second-order valence-corrected chi connectivity index (χ2v) is 13.1. The summed E-state index contributed by atoms with van der Waals surface area (Å²) in [6, 6.07) is -0.270. The summed E-state index contributed by atoms with van der Waals surface area (Å²) in [4.78, 5) is 33.6. The lowest BCUT2D eigenvalue weighted by Crippen LogP contribution is -2.47. The van der Waals surface area contributed by atoms with Crippen LogP contribution in [0.5, 0.6) is 0 Å². The molecule has 0 spiro atoms. The minimum absolute atomic E-state index is 0. The first kappa shape index (κ1) is 38.4. The Morgan fingerprint density at radius 1 is 0.854 bits per heavy atom. The number of hydrogen-bond donors (Lipinski definition) is 3. The largest absolute Gasteiger partial charge is 0.338 e. The highest BCUT2D eigenvalue weighted by molar-refractivity contribution is 7.90. The van der Waals surface area contributed by atoms with Gasteiger partial charge in [-0.25, -0.2) is 46.7 Å². The number of halogens is 1. The van der Waals surface area contributed by atoms with Gasteiger partial charge >= 0.3 is 12.1 Å². The molecule has 2 aromatic rings. The van der Waals surface area contributed by atoms with Crippen LogP contribution in [0.4, 0.5) is 9.59 Å². The number of imidazole rings is 2. The van der Waals surface area contributed by atoms with Gasteiger partial charge in [-0.2, -0.15) is 0 Å². The van der Waals surface area contributed by atoms with Gasteiger partial charge in [0.15, 0.2) is 0 Å². The van der Waals surface area contributed by atoms with Gasteiger partial charge in [0, 0.05) is 52.0 Å². The molecule has 2 aromatic heterocycles. The first-order valence-corrected chi connectivity index (χ1v) is 16.1. The van der Waals surface area contributed by atoms with Gasteiger partial charge in [0.1, 0.15) is 12.7 Å². The maximum atomic E-state index is 11.5. The molecule has 2 aliphatic heterocycles. The summed E-state index contributed by atoms with van der Waals surface area (Å²) in [6.07, 6.45) is 12.6. The molecule has 236 valence electrons. The molecule has 15 nitrogen and oxygen atoms in total. The lowest BCUT2D eigenvalue weighted by molar-refractivity contribution is 0.161. The molecule has 4 heterocycles. The SMILES string of the molecule is CCC.CN(C)C(=O)N1CCC(S(N)(=O)=O)CC1.Cl.NS(=O)(=O)C1CCNCC1.O=C(n1ccnc1)n1ccnc1. The van der Waals surface area contributed by atoms with Crippen LogP contribution in [-0.4, -0.2) is 109 Å². The molecule has 0 radical (unpaired) electrons. The van der Waals surface area contributed by atoms with Crippen molar-refractivity contribution in [1.82, 2.24) is 34.2 Å². The summed E-state index contributed by atoms with van der Waals surface area (Å²) in [6.45, 7) is 6.69. The summed E-state index contributed by atoms with van der Waals surface area (Å²) < 4.78 is 46.3. The predicted molar refractivity (Wildman–Crippen MR) is 160 cm³/mol. The van der Waals surface area contributed by atoms with Gasteiger partial charge < -0.3 is 15.1 Å². The fourth-order valence-electron chi connectivity index (χ4n) is 3.66. The number of aromatic nitrogens is 4. The van der Waals surface area contributed by atoms with E-state index in [-0.39, 0.29) is 29.7 Å². The first-order chi connectivity index (χ1) is 18.7. The van der Waals surface area contributed by atoms with Gasteiger partial charge in [-0.3, -0.25) is 9.13 Å². The van der Waals surface area contributed by atoms with E-state index in [4.69, 9.17) is 10.3 Å². The quantitative estimate of drug-likeness (QED) is 0.424. The van der Waals surface area contributed by atoms with Gasteiger partial charge in [0.2, 0.25) is 20.0 Å². The molecule has 18 heteroatoms. The zero-order chi connectivity index (χ0) is 30.3. The van der Waals surface area contributed by atoms with Crippen LogP contribution >= 0.6 is 12.4 Å². The Labute approximate surface area is 249 Å². The Hall–Kier alpha value is -2.57.